The minimum Gasteiger partial charge on any atom is -0.301 e. The first-order valence-corrected chi connectivity index (χ1v) is 7.60. The van der Waals surface area contributed by atoms with Crippen molar-refractivity contribution in [3.05, 3.63) is 35.9 Å². The van der Waals surface area contributed by atoms with Gasteiger partial charge in [0.2, 0.25) is 0 Å². The summed E-state index contributed by atoms with van der Waals surface area (Å²) in [4.78, 5) is 0. The van der Waals surface area contributed by atoms with Crippen LogP contribution >= 0.6 is 0 Å². The zero-order chi connectivity index (χ0) is 14.4. The van der Waals surface area contributed by atoms with Gasteiger partial charge in [0.15, 0.2) is 0 Å². The number of nitrogens with zero attached hydrogens (tertiary/aromatic N) is 2. The van der Waals surface area contributed by atoms with Gasteiger partial charge in [-0.3, -0.25) is 0 Å². The second-order valence-corrected chi connectivity index (χ2v) is 8.15. The van der Waals surface area contributed by atoms with E-state index in [1.165, 1.54) is 11.4 Å². The Morgan fingerprint density at radius 2 is 1.53 bits per heavy atom. The van der Waals surface area contributed by atoms with Crippen LogP contribution in [0, 0.1) is 0 Å². The first-order chi connectivity index (χ1) is 8.64. The Balaban J connectivity index is 2.57. The average molecular weight is 274 g/mol. The highest BCUT2D eigenvalue weighted by atomic mass is 28.3. The Bertz CT molecular complexity index is 497. The van der Waals surface area contributed by atoms with Crippen molar-refractivity contribution in [1.29, 1.82) is 0 Å². The van der Waals surface area contributed by atoms with E-state index in [1.807, 2.05) is 0 Å². The maximum Gasteiger partial charge on any atom is 0.269 e. The lowest BCUT2D eigenvalue weighted by molar-refractivity contribution is -0.503. The van der Waals surface area contributed by atoms with Crippen LogP contribution in [0.5, 0.6) is 0 Å². The first kappa shape index (κ1) is 14.4. The third kappa shape index (κ3) is 2.50. The van der Waals surface area contributed by atoms with Crippen molar-refractivity contribution in [2.75, 3.05) is 0 Å². The van der Waals surface area contributed by atoms with Gasteiger partial charge >= 0.3 is 0 Å². The second kappa shape index (κ2) is 4.51. The molecule has 0 spiro atoms. The molecule has 1 aliphatic heterocycles. The van der Waals surface area contributed by atoms with E-state index in [-0.39, 0.29) is 11.1 Å². The highest BCUT2D eigenvalue weighted by Gasteiger charge is 2.50. The summed E-state index contributed by atoms with van der Waals surface area (Å²) in [5.41, 5.74) is 1.92. The summed E-state index contributed by atoms with van der Waals surface area (Å²) in [5.74, 6) is 1.48. The SMILES string of the molecule is [BH3-][Si@@H]1N(C(C)(C)C)C(c2ccccc2)=[N+]1C(C)(C)C. The molecule has 2 rings (SSSR count). The molecule has 0 aromatic heterocycles. The number of benzene rings is 1. The molecule has 0 fully saturated rings. The molecule has 0 bridgehead atoms. The van der Waals surface area contributed by atoms with Gasteiger partial charge in [-0.25, -0.2) is 0 Å². The Morgan fingerprint density at radius 1 is 1.00 bits per heavy atom. The summed E-state index contributed by atoms with van der Waals surface area (Å²) < 4.78 is 5.54. The van der Waals surface area contributed by atoms with Gasteiger partial charge in [-0.15, -0.1) is 0 Å². The van der Waals surface area contributed by atoms with E-state index < -0.39 is 8.99 Å². The third-order valence-electron chi connectivity index (χ3n) is 3.16. The lowest BCUT2D eigenvalue weighted by Gasteiger charge is -2.51. The molecule has 1 atom stereocenters. The zero-order valence-corrected chi connectivity index (χ0v) is 13.5. The Morgan fingerprint density at radius 3 is 1.95 bits per heavy atom. The number of rotatable bonds is 1. The lowest BCUT2D eigenvalue weighted by Crippen LogP contribution is -2.74. The van der Waals surface area contributed by atoms with Crippen LogP contribution in [0.2, 0.25) is 0 Å². The van der Waals surface area contributed by atoms with Crippen molar-refractivity contribution in [2.24, 2.45) is 0 Å². The number of amidine groups is 1. The molecule has 1 aliphatic rings. The molecule has 19 heavy (non-hydrogen) atoms. The van der Waals surface area contributed by atoms with Gasteiger partial charge in [0, 0.05) is 0 Å². The summed E-state index contributed by atoms with van der Waals surface area (Å²) in [6.45, 7) is 14.2. The molecule has 0 amide bonds. The van der Waals surface area contributed by atoms with Crippen LogP contribution in [0.1, 0.15) is 47.1 Å². The van der Waals surface area contributed by atoms with E-state index in [2.05, 4.69) is 80.7 Å². The first-order valence-electron chi connectivity index (χ1n) is 6.57. The van der Waals surface area contributed by atoms with Crippen LogP contribution in [0.3, 0.4) is 0 Å². The largest absolute Gasteiger partial charge is 0.301 e. The van der Waals surface area contributed by atoms with Crippen LogP contribution in [0.25, 0.3) is 0 Å². The topological polar surface area (TPSA) is 6.25 Å². The van der Waals surface area contributed by atoms with Crippen molar-refractivity contribution < 1.29 is 4.24 Å². The molecule has 0 unspecified atom stereocenters. The monoisotopic (exact) mass is 274 g/mol. The maximum atomic E-state index is 2.77. The summed E-state index contributed by atoms with van der Waals surface area (Å²) >= 11 is 0. The summed E-state index contributed by atoms with van der Waals surface area (Å²) in [6.07, 6.45) is 0. The molecule has 0 saturated heterocycles. The van der Waals surface area contributed by atoms with E-state index in [0.29, 0.717) is 7.44 Å². The predicted octanol–water partition coefficient (Wildman–Crippen LogP) is 1.44. The lowest BCUT2D eigenvalue weighted by atomic mass is 10.1. The molecule has 0 saturated carbocycles. The fourth-order valence-corrected chi connectivity index (χ4v) is 3.64. The molecular weight excluding hydrogens is 247 g/mol. The highest BCUT2D eigenvalue weighted by Crippen LogP contribution is 2.29. The molecule has 1 aromatic rings. The molecule has 0 N–H and O–H groups in total. The third-order valence-corrected chi connectivity index (χ3v) is 5.66. The summed E-state index contributed by atoms with van der Waals surface area (Å²) in [7, 11) is -0.415. The molecule has 0 aliphatic carbocycles. The van der Waals surface area contributed by atoms with Gasteiger partial charge in [-0.05, 0) is 53.7 Å². The molecule has 104 valence electrons. The molecular formula is C15H27BN2Si. The van der Waals surface area contributed by atoms with Crippen molar-refractivity contribution >= 4 is 22.3 Å². The van der Waals surface area contributed by atoms with Gasteiger partial charge in [0.1, 0.15) is 0 Å². The van der Waals surface area contributed by atoms with E-state index in [1.54, 1.807) is 0 Å². The smallest absolute Gasteiger partial charge is 0.269 e. The quantitative estimate of drug-likeness (QED) is 0.702. The van der Waals surface area contributed by atoms with Crippen molar-refractivity contribution in [2.45, 2.75) is 52.6 Å². The molecule has 4 heteroatoms. The van der Waals surface area contributed by atoms with E-state index >= 15 is 0 Å². The van der Waals surface area contributed by atoms with Gasteiger partial charge in [0.05, 0.1) is 24.1 Å². The van der Waals surface area contributed by atoms with Crippen molar-refractivity contribution in [3.63, 3.8) is 0 Å². The molecule has 2 nitrogen and oxygen atoms in total. The Hall–Kier alpha value is -1.03. The predicted molar refractivity (Wildman–Crippen MR) is 89.2 cm³/mol. The van der Waals surface area contributed by atoms with Crippen molar-refractivity contribution in [1.82, 2.24) is 4.57 Å². The second-order valence-electron chi connectivity index (χ2n) is 6.89. The Labute approximate surface area is 120 Å². The van der Waals surface area contributed by atoms with Crippen LogP contribution in [0.4, 0.5) is 0 Å². The minimum atomic E-state index is -0.797. The molecule has 1 heterocycles. The summed E-state index contributed by atoms with van der Waals surface area (Å²) in [5, 5.41) is 0. The summed E-state index contributed by atoms with van der Waals surface area (Å²) in [6, 6.07) is 10.9. The van der Waals surface area contributed by atoms with E-state index in [4.69, 9.17) is 0 Å². The highest BCUT2D eigenvalue weighted by molar-refractivity contribution is 6.99. The minimum absolute atomic E-state index is 0.269. The fraction of sp³-hybridized carbons (Fsp3) is 0.533. The van der Waals surface area contributed by atoms with E-state index in [9.17, 15) is 0 Å². The fourth-order valence-electron chi connectivity index (χ4n) is 2.13. The van der Waals surface area contributed by atoms with Gasteiger partial charge in [-0.2, -0.15) is 0 Å². The van der Waals surface area contributed by atoms with Gasteiger partial charge in [0.25, 0.3) is 14.8 Å². The number of hydrogen-bond donors (Lipinski definition) is 0. The van der Waals surface area contributed by atoms with Crippen LogP contribution < -0.4 is 0 Å². The maximum absolute atomic E-state index is 2.77. The van der Waals surface area contributed by atoms with Crippen LogP contribution in [0.15, 0.2) is 30.3 Å². The standard InChI is InChI=1S/C15H27BN2Si/c1-14(2,3)17-13(12-10-8-7-9-11-12)18(19(17)16)15(4,5)6/h7-11,19H,1-6,16H3. The number of hydrogen-bond acceptors (Lipinski definition) is 1. The van der Waals surface area contributed by atoms with Crippen LogP contribution in [-0.4, -0.2) is 42.1 Å². The molecule has 0 radical (unpaired) electrons. The Kier molecular flexibility index (Phi) is 3.42. The molecule has 1 aromatic carbocycles. The van der Waals surface area contributed by atoms with Crippen molar-refractivity contribution in [3.8, 4) is 0 Å². The normalized spacial score (nSPS) is 20.6. The van der Waals surface area contributed by atoms with Crippen LogP contribution in [-0.2, 0) is 0 Å². The van der Waals surface area contributed by atoms with Gasteiger partial charge < -0.3 is 8.81 Å². The average Bonchev–Trinajstić information content (AvgIpc) is 2.22. The van der Waals surface area contributed by atoms with E-state index in [0.717, 1.165) is 0 Å². The van der Waals surface area contributed by atoms with Gasteiger partial charge in [-0.1, -0.05) is 18.2 Å². The zero-order valence-electron chi connectivity index (χ0n) is 12.4.